The van der Waals surface area contributed by atoms with Crippen LogP contribution < -0.4 is 15.8 Å². The van der Waals surface area contributed by atoms with Gasteiger partial charge in [-0.15, -0.1) is 0 Å². The van der Waals surface area contributed by atoms with Crippen LogP contribution in [0.1, 0.15) is 12.5 Å². The molecule has 0 aliphatic heterocycles. The Morgan fingerprint density at radius 2 is 1.71 bits per heavy atom. The molecule has 4 N–H and O–H groups in total. The number of hydrogen-bond donors (Lipinski definition) is 2. The molecular formula is C15H19N3O2S. The van der Waals surface area contributed by atoms with Gasteiger partial charge in [-0.05, 0) is 44.2 Å². The predicted molar refractivity (Wildman–Crippen MR) is 86.1 cm³/mol. The predicted octanol–water partition coefficient (Wildman–Crippen LogP) is 2.38. The highest BCUT2D eigenvalue weighted by Gasteiger charge is 2.14. The van der Waals surface area contributed by atoms with E-state index in [2.05, 4.69) is 0 Å². The first-order chi connectivity index (χ1) is 9.82. The number of sulfonamides is 1. The number of benzene rings is 2. The fourth-order valence-electron chi connectivity index (χ4n) is 2.17. The minimum Gasteiger partial charge on any atom is -0.397 e. The number of nitrogens with two attached hydrogens (primary N) is 2. The van der Waals surface area contributed by atoms with Gasteiger partial charge in [0.25, 0.3) is 0 Å². The quantitative estimate of drug-likeness (QED) is 0.849. The molecule has 0 saturated carbocycles. The van der Waals surface area contributed by atoms with Crippen LogP contribution in [-0.2, 0) is 10.0 Å². The fraction of sp³-hybridized carbons (Fsp3) is 0.200. The van der Waals surface area contributed by atoms with Gasteiger partial charge in [-0.1, -0.05) is 17.7 Å². The Morgan fingerprint density at radius 1 is 1.10 bits per heavy atom. The molecule has 2 aromatic rings. The van der Waals surface area contributed by atoms with Crippen molar-refractivity contribution in [3.63, 3.8) is 0 Å². The lowest BCUT2D eigenvalue weighted by atomic mass is 10.2. The molecule has 5 nitrogen and oxygen atoms in total. The lowest BCUT2D eigenvalue weighted by Crippen LogP contribution is -2.18. The zero-order chi connectivity index (χ0) is 15.6. The van der Waals surface area contributed by atoms with Crippen molar-refractivity contribution in [2.75, 3.05) is 17.2 Å². The van der Waals surface area contributed by atoms with E-state index in [0.717, 1.165) is 11.4 Å². The van der Waals surface area contributed by atoms with E-state index < -0.39 is 10.0 Å². The number of nitrogens with zero attached hydrogens (tertiary/aromatic N) is 1. The number of nitrogen functional groups attached to an aromatic ring is 1. The molecule has 0 radical (unpaired) electrons. The Morgan fingerprint density at radius 3 is 2.19 bits per heavy atom. The van der Waals surface area contributed by atoms with E-state index in [1.165, 1.54) is 17.7 Å². The summed E-state index contributed by atoms with van der Waals surface area (Å²) < 4.78 is 22.7. The molecule has 0 saturated heterocycles. The van der Waals surface area contributed by atoms with E-state index in [0.29, 0.717) is 12.2 Å². The Labute approximate surface area is 125 Å². The first kappa shape index (κ1) is 15.3. The van der Waals surface area contributed by atoms with Gasteiger partial charge in [0.15, 0.2) is 0 Å². The van der Waals surface area contributed by atoms with Gasteiger partial charge >= 0.3 is 0 Å². The van der Waals surface area contributed by atoms with E-state index >= 15 is 0 Å². The van der Waals surface area contributed by atoms with Crippen molar-refractivity contribution in [2.24, 2.45) is 5.14 Å². The summed E-state index contributed by atoms with van der Waals surface area (Å²) in [7, 11) is -3.74. The summed E-state index contributed by atoms with van der Waals surface area (Å²) in [4.78, 5) is 2.03. The normalized spacial score (nSPS) is 11.4. The summed E-state index contributed by atoms with van der Waals surface area (Å²) in [5.41, 5.74) is 9.31. The molecule has 0 spiro atoms. The molecule has 0 bridgehead atoms. The molecule has 0 amide bonds. The first-order valence-corrected chi connectivity index (χ1v) is 8.14. The third-order valence-corrected chi connectivity index (χ3v) is 4.19. The van der Waals surface area contributed by atoms with Gasteiger partial charge in [-0.3, -0.25) is 0 Å². The van der Waals surface area contributed by atoms with Crippen LogP contribution in [0.15, 0.2) is 47.4 Å². The molecule has 2 rings (SSSR count). The second-order valence-electron chi connectivity index (χ2n) is 4.85. The molecule has 21 heavy (non-hydrogen) atoms. The molecule has 0 aromatic heterocycles. The van der Waals surface area contributed by atoms with Gasteiger partial charge in [-0.2, -0.15) is 0 Å². The SMILES string of the molecule is CCN(c1ccc(C)cc1)c1ccc(S(N)(=O)=O)cc1N. The van der Waals surface area contributed by atoms with E-state index in [-0.39, 0.29) is 4.90 Å². The summed E-state index contributed by atoms with van der Waals surface area (Å²) in [6, 6.07) is 12.6. The van der Waals surface area contributed by atoms with Crippen molar-refractivity contribution in [1.82, 2.24) is 0 Å². The monoisotopic (exact) mass is 305 g/mol. The average molecular weight is 305 g/mol. The van der Waals surface area contributed by atoms with Crippen molar-refractivity contribution in [3.8, 4) is 0 Å². The van der Waals surface area contributed by atoms with Crippen molar-refractivity contribution in [3.05, 3.63) is 48.0 Å². The van der Waals surface area contributed by atoms with Crippen molar-refractivity contribution in [1.29, 1.82) is 0 Å². The highest BCUT2D eigenvalue weighted by molar-refractivity contribution is 7.89. The summed E-state index contributed by atoms with van der Waals surface area (Å²) in [6.07, 6.45) is 0. The van der Waals surface area contributed by atoms with Crippen LogP contribution in [0.25, 0.3) is 0 Å². The largest absolute Gasteiger partial charge is 0.397 e. The highest BCUT2D eigenvalue weighted by Crippen LogP contribution is 2.31. The molecular weight excluding hydrogens is 286 g/mol. The van der Waals surface area contributed by atoms with Crippen LogP contribution in [-0.4, -0.2) is 15.0 Å². The number of primary sulfonamides is 1. The van der Waals surface area contributed by atoms with Gasteiger partial charge in [-0.25, -0.2) is 13.6 Å². The van der Waals surface area contributed by atoms with Crippen LogP contribution >= 0.6 is 0 Å². The molecule has 0 aliphatic carbocycles. The van der Waals surface area contributed by atoms with E-state index in [9.17, 15) is 8.42 Å². The lowest BCUT2D eigenvalue weighted by Gasteiger charge is -2.25. The van der Waals surface area contributed by atoms with Crippen molar-refractivity contribution < 1.29 is 8.42 Å². The topological polar surface area (TPSA) is 89.4 Å². The maximum absolute atomic E-state index is 11.4. The average Bonchev–Trinajstić information content (AvgIpc) is 2.42. The second kappa shape index (κ2) is 5.75. The third-order valence-electron chi connectivity index (χ3n) is 3.28. The van der Waals surface area contributed by atoms with E-state index in [4.69, 9.17) is 10.9 Å². The molecule has 6 heteroatoms. The van der Waals surface area contributed by atoms with Crippen molar-refractivity contribution in [2.45, 2.75) is 18.7 Å². The Kier molecular flexibility index (Phi) is 4.20. The van der Waals surface area contributed by atoms with E-state index in [1.807, 2.05) is 43.0 Å². The molecule has 112 valence electrons. The van der Waals surface area contributed by atoms with Crippen LogP contribution in [0.4, 0.5) is 17.1 Å². The maximum atomic E-state index is 11.4. The molecule has 0 heterocycles. The maximum Gasteiger partial charge on any atom is 0.238 e. The zero-order valence-electron chi connectivity index (χ0n) is 12.1. The second-order valence-corrected chi connectivity index (χ2v) is 6.41. The Balaban J connectivity index is 2.46. The Hall–Kier alpha value is -2.05. The van der Waals surface area contributed by atoms with E-state index in [1.54, 1.807) is 6.07 Å². The van der Waals surface area contributed by atoms with Crippen LogP contribution in [0.3, 0.4) is 0 Å². The third kappa shape index (κ3) is 3.34. The van der Waals surface area contributed by atoms with Gasteiger partial charge in [0.1, 0.15) is 0 Å². The molecule has 2 aromatic carbocycles. The summed E-state index contributed by atoms with van der Waals surface area (Å²) in [6.45, 7) is 4.74. The summed E-state index contributed by atoms with van der Waals surface area (Å²) in [5, 5.41) is 5.12. The van der Waals surface area contributed by atoms with Gasteiger partial charge < -0.3 is 10.6 Å². The van der Waals surface area contributed by atoms with Gasteiger partial charge in [0.05, 0.1) is 16.3 Å². The first-order valence-electron chi connectivity index (χ1n) is 6.59. The lowest BCUT2D eigenvalue weighted by molar-refractivity contribution is 0.598. The fourth-order valence-corrected chi connectivity index (χ4v) is 2.72. The van der Waals surface area contributed by atoms with Crippen LogP contribution in [0, 0.1) is 6.92 Å². The number of anilines is 3. The molecule has 0 atom stereocenters. The standard InChI is InChI=1S/C15H19N3O2S/c1-3-18(12-6-4-11(2)5-7-12)15-9-8-13(10-14(15)16)21(17,19)20/h4-10H,3,16H2,1-2H3,(H2,17,19,20). The van der Waals surface area contributed by atoms with Crippen molar-refractivity contribution >= 4 is 27.1 Å². The molecule has 0 aliphatic rings. The van der Waals surface area contributed by atoms with Crippen LogP contribution in [0.5, 0.6) is 0 Å². The summed E-state index contributed by atoms with van der Waals surface area (Å²) >= 11 is 0. The minimum absolute atomic E-state index is 0.0173. The van der Waals surface area contributed by atoms with Gasteiger partial charge in [0, 0.05) is 12.2 Å². The zero-order valence-corrected chi connectivity index (χ0v) is 12.9. The minimum atomic E-state index is -3.74. The number of aryl methyl sites for hydroxylation is 1. The smallest absolute Gasteiger partial charge is 0.238 e. The number of rotatable bonds is 4. The van der Waals surface area contributed by atoms with Crippen LogP contribution in [0.2, 0.25) is 0 Å². The van der Waals surface area contributed by atoms with Gasteiger partial charge in [0.2, 0.25) is 10.0 Å². The molecule has 0 fully saturated rings. The molecule has 0 unspecified atom stereocenters. The number of hydrogen-bond acceptors (Lipinski definition) is 4. The highest BCUT2D eigenvalue weighted by atomic mass is 32.2. The Bertz CT molecular complexity index is 740. The summed E-state index contributed by atoms with van der Waals surface area (Å²) in [5.74, 6) is 0.